The van der Waals surface area contributed by atoms with Gasteiger partial charge in [-0.15, -0.1) is 11.6 Å². The van der Waals surface area contributed by atoms with Crippen molar-refractivity contribution in [1.29, 1.82) is 0 Å². The lowest BCUT2D eigenvalue weighted by atomic mass is 10.00. The zero-order valence-corrected chi connectivity index (χ0v) is 12.6. The van der Waals surface area contributed by atoms with Crippen LogP contribution in [0.3, 0.4) is 0 Å². The highest BCUT2D eigenvalue weighted by Gasteiger charge is 2.15. The van der Waals surface area contributed by atoms with E-state index in [1.165, 1.54) is 6.07 Å². The maximum atomic E-state index is 13.6. The van der Waals surface area contributed by atoms with Crippen molar-refractivity contribution in [2.24, 2.45) is 0 Å². The molecule has 2 rings (SSSR count). The van der Waals surface area contributed by atoms with Gasteiger partial charge in [0.2, 0.25) is 0 Å². The highest BCUT2D eigenvalue weighted by Crippen LogP contribution is 2.30. The number of hydrogen-bond acceptors (Lipinski definition) is 0. The molecule has 100 valence electrons. The number of rotatable bonds is 3. The van der Waals surface area contributed by atoms with Gasteiger partial charge < -0.3 is 0 Å². The Balaban J connectivity index is 2.25. The second-order valence-electron chi connectivity index (χ2n) is 4.39. The molecule has 2 aromatic carbocycles. The maximum Gasteiger partial charge on any atom is 0.162 e. The number of halogens is 4. The van der Waals surface area contributed by atoms with E-state index in [4.69, 9.17) is 11.6 Å². The van der Waals surface area contributed by atoms with Crippen LogP contribution < -0.4 is 0 Å². The minimum atomic E-state index is -0.839. The van der Waals surface area contributed by atoms with Gasteiger partial charge in [-0.25, -0.2) is 8.78 Å². The molecule has 2 aromatic rings. The van der Waals surface area contributed by atoms with Crippen LogP contribution in [0.5, 0.6) is 0 Å². The van der Waals surface area contributed by atoms with E-state index in [2.05, 4.69) is 15.9 Å². The van der Waals surface area contributed by atoms with E-state index in [1.807, 2.05) is 25.1 Å². The maximum absolute atomic E-state index is 13.6. The van der Waals surface area contributed by atoms with Crippen LogP contribution in [0.4, 0.5) is 8.78 Å². The molecular weight excluding hydrogens is 334 g/mol. The molecule has 0 aliphatic heterocycles. The van der Waals surface area contributed by atoms with Gasteiger partial charge in [-0.3, -0.25) is 0 Å². The molecule has 0 aliphatic carbocycles. The lowest BCUT2D eigenvalue weighted by Crippen LogP contribution is -2.02. The molecule has 0 aromatic heterocycles. The van der Waals surface area contributed by atoms with Gasteiger partial charge in [0.15, 0.2) is 11.6 Å². The van der Waals surface area contributed by atoms with Crippen LogP contribution in [0, 0.1) is 18.6 Å². The summed E-state index contributed by atoms with van der Waals surface area (Å²) in [6, 6.07) is 9.89. The number of benzene rings is 2. The second kappa shape index (κ2) is 6.02. The third-order valence-electron chi connectivity index (χ3n) is 3.00. The zero-order chi connectivity index (χ0) is 14.0. The van der Waals surface area contributed by atoms with Gasteiger partial charge in [0, 0.05) is 4.47 Å². The molecule has 0 N–H and O–H groups in total. The SMILES string of the molecule is Cc1cc(Br)ccc1C(Cl)Cc1cccc(F)c1F. The van der Waals surface area contributed by atoms with Crippen molar-refractivity contribution in [3.63, 3.8) is 0 Å². The van der Waals surface area contributed by atoms with Gasteiger partial charge in [-0.2, -0.15) is 0 Å². The van der Waals surface area contributed by atoms with Gasteiger partial charge in [-0.1, -0.05) is 34.1 Å². The van der Waals surface area contributed by atoms with E-state index >= 15 is 0 Å². The van der Waals surface area contributed by atoms with Crippen LogP contribution in [-0.4, -0.2) is 0 Å². The summed E-state index contributed by atoms with van der Waals surface area (Å²) in [7, 11) is 0. The van der Waals surface area contributed by atoms with E-state index in [9.17, 15) is 8.78 Å². The van der Waals surface area contributed by atoms with E-state index in [0.29, 0.717) is 5.56 Å². The lowest BCUT2D eigenvalue weighted by molar-refractivity contribution is 0.498. The summed E-state index contributed by atoms with van der Waals surface area (Å²) in [6.45, 7) is 1.94. The fraction of sp³-hybridized carbons (Fsp3) is 0.200. The summed E-state index contributed by atoms with van der Waals surface area (Å²) < 4.78 is 27.7. The summed E-state index contributed by atoms with van der Waals surface area (Å²) >= 11 is 9.70. The fourth-order valence-corrected chi connectivity index (χ4v) is 2.89. The number of alkyl halides is 1. The summed E-state index contributed by atoms with van der Waals surface area (Å²) in [5.74, 6) is -1.66. The predicted molar refractivity (Wildman–Crippen MR) is 77.5 cm³/mol. The Morgan fingerprint density at radius 3 is 2.63 bits per heavy atom. The quantitative estimate of drug-likeness (QED) is 0.639. The van der Waals surface area contributed by atoms with Crippen molar-refractivity contribution < 1.29 is 8.78 Å². The Bertz CT molecular complexity index is 599. The molecule has 0 saturated carbocycles. The Morgan fingerprint density at radius 2 is 1.95 bits per heavy atom. The summed E-state index contributed by atoms with van der Waals surface area (Å²) in [5.41, 5.74) is 2.24. The van der Waals surface area contributed by atoms with E-state index in [1.54, 1.807) is 6.07 Å². The normalized spacial score (nSPS) is 12.5. The molecule has 19 heavy (non-hydrogen) atoms. The minimum Gasteiger partial charge on any atom is -0.204 e. The van der Waals surface area contributed by atoms with Crippen molar-refractivity contribution in [3.8, 4) is 0 Å². The van der Waals surface area contributed by atoms with Gasteiger partial charge in [0.25, 0.3) is 0 Å². The Morgan fingerprint density at radius 1 is 1.21 bits per heavy atom. The first-order chi connectivity index (χ1) is 8.99. The number of aryl methyl sites for hydroxylation is 1. The summed E-state index contributed by atoms with van der Waals surface area (Å²) in [6.07, 6.45) is 0.258. The molecule has 0 aliphatic rings. The van der Waals surface area contributed by atoms with Crippen LogP contribution in [0.2, 0.25) is 0 Å². The molecule has 0 fully saturated rings. The Hall–Kier alpha value is -0.930. The van der Waals surface area contributed by atoms with Crippen molar-refractivity contribution >= 4 is 27.5 Å². The summed E-state index contributed by atoms with van der Waals surface area (Å²) in [4.78, 5) is 0. The third-order valence-corrected chi connectivity index (χ3v) is 3.88. The van der Waals surface area contributed by atoms with Gasteiger partial charge in [0.1, 0.15) is 0 Å². The average Bonchev–Trinajstić information content (AvgIpc) is 2.34. The van der Waals surface area contributed by atoms with Crippen LogP contribution in [0.15, 0.2) is 40.9 Å². The molecule has 1 atom stereocenters. The highest BCUT2D eigenvalue weighted by molar-refractivity contribution is 9.10. The third kappa shape index (κ3) is 3.34. The zero-order valence-electron chi connectivity index (χ0n) is 10.3. The predicted octanol–water partition coefficient (Wildman–Crippen LogP) is 5.56. The van der Waals surface area contributed by atoms with Gasteiger partial charge in [-0.05, 0) is 48.2 Å². The van der Waals surface area contributed by atoms with Crippen LogP contribution >= 0.6 is 27.5 Å². The van der Waals surface area contributed by atoms with Crippen molar-refractivity contribution in [1.82, 2.24) is 0 Å². The van der Waals surface area contributed by atoms with Crippen molar-refractivity contribution in [2.75, 3.05) is 0 Å². The second-order valence-corrected chi connectivity index (χ2v) is 5.83. The molecule has 0 heterocycles. The molecule has 0 saturated heterocycles. The average molecular weight is 346 g/mol. The standard InChI is InChI=1S/C15H12BrClF2/c1-9-7-11(16)5-6-12(9)13(17)8-10-3-2-4-14(18)15(10)19/h2-7,13H,8H2,1H3. The van der Waals surface area contributed by atoms with Crippen LogP contribution in [0.25, 0.3) is 0 Å². The molecule has 0 nitrogen and oxygen atoms in total. The summed E-state index contributed by atoms with van der Waals surface area (Å²) in [5, 5.41) is -0.385. The largest absolute Gasteiger partial charge is 0.204 e. The molecular formula is C15H12BrClF2. The monoisotopic (exact) mass is 344 g/mol. The molecule has 0 radical (unpaired) electrons. The molecule has 1 unspecified atom stereocenters. The van der Waals surface area contributed by atoms with E-state index < -0.39 is 11.6 Å². The topological polar surface area (TPSA) is 0 Å². The molecule has 4 heteroatoms. The Kier molecular flexibility index (Phi) is 4.58. The molecule has 0 bridgehead atoms. The highest BCUT2D eigenvalue weighted by atomic mass is 79.9. The fourth-order valence-electron chi connectivity index (χ4n) is 2.00. The van der Waals surface area contributed by atoms with E-state index in [-0.39, 0.29) is 11.8 Å². The first-order valence-electron chi connectivity index (χ1n) is 5.82. The first kappa shape index (κ1) is 14.5. The minimum absolute atomic E-state index is 0.258. The lowest BCUT2D eigenvalue weighted by Gasteiger charge is -2.14. The Labute approximate surface area is 124 Å². The van der Waals surface area contributed by atoms with E-state index in [0.717, 1.165) is 21.7 Å². The molecule has 0 amide bonds. The van der Waals surface area contributed by atoms with Crippen molar-refractivity contribution in [3.05, 3.63) is 69.2 Å². The van der Waals surface area contributed by atoms with Gasteiger partial charge >= 0.3 is 0 Å². The van der Waals surface area contributed by atoms with Crippen LogP contribution in [0.1, 0.15) is 22.1 Å². The van der Waals surface area contributed by atoms with Gasteiger partial charge in [0.05, 0.1) is 5.38 Å². The van der Waals surface area contributed by atoms with Crippen LogP contribution in [-0.2, 0) is 6.42 Å². The molecule has 0 spiro atoms. The first-order valence-corrected chi connectivity index (χ1v) is 7.05. The number of hydrogen-bond donors (Lipinski definition) is 0. The smallest absolute Gasteiger partial charge is 0.162 e. The van der Waals surface area contributed by atoms with Crippen molar-refractivity contribution in [2.45, 2.75) is 18.7 Å².